The fraction of sp³-hybridized carbons (Fsp3) is 0.182. The fourth-order valence-corrected chi connectivity index (χ4v) is 2.60. The molecule has 0 fully saturated rings. The van der Waals surface area contributed by atoms with E-state index in [4.69, 9.17) is 9.52 Å². The standard InChI is InChI=1S/C11H8Br2O3/c12-9-6(1-2-8(14)15)5-7-3-4-16-11(7)10(9)13/h3-5H,1-2H2,(H,14,15). The maximum Gasteiger partial charge on any atom is 0.303 e. The number of rotatable bonds is 3. The Kier molecular flexibility index (Phi) is 3.35. The molecule has 1 aromatic heterocycles. The first-order valence-electron chi connectivity index (χ1n) is 4.65. The molecular weight excluding hydrogens is 340 g/mol. The minimum atomic E-state index is -0.796. The summed E-state index contributed by atoms with van der Waals surface area (Å²) >= 11 is 6.87. The van der Waals surface area contributed by atoms with Crippen LogP contribution in [0.25, 0.3) is 11.0 Å². The highest BCUT2D eigenvalue weighted by atomic mass is 79.9. The van der Waals surface area contributed by atoms with E-state index >= 15 is 0 Å². The van der Waals surface area contributed by atoms with Crippen LogP contribution in [0.3, 0.4) is 0 Å². The lowest BCUT2D eigenvalue weighted by molar-refractivity contribution is -0.136. The molecule has 0 unspecified atom stereocenters. The van der Waals surface area contributed by atoms with Gasteiger partial charge in [-0.2, -0.15) is 0 Å². The summed E-state index contributed by atoms with van der Waals surface area (Å²) in [5.41, 5.74) is 1.73. The van der Waals surface area contributed by atoms with Gasteiger partial charge in [-0.05, 0) is 56.0 Å². The first-order valence-corrected chi connectivity index (χ1v) is 6.24. The third-order valence-corrected chi connectivity index (χ3v) is 4.50. The number of aliphatic carboxylic acids is 1. The normalized spacial score (nSPS) is 10.9. The molecule has 0 amide bonds. The van der Waals surface area contributed by atoms with Crippen LogP contribution >= 0.6 is 31.9 Å². The summed E-state index contributed by atoms with van der Waals surface area (Å²) in [7, 11) is 0. The number of carboxylic acids is 1. The summed E-state index contributed by atoms with van der Waals surface area (Å²) in [6, 6.07) is 3.80. The number of carboxylic acid groups (broad SMARTS) is 1. The fourth-order valence-electron chi connectivity index (χ4n) is 1.53. The van der Waals surface area contributed by atoms with Crippen molar-refractivity contribution < 1.29 is 14.3 Å². The summed E-state index contributed by atoms with van der Waals surface area (Å²) < 4.78 is 7.00. The number of hydrogen-bond donors (Lipinski definition) is 1. The molecule has 0 saturated heterocycles. The second-order valence-electron chi connectivity index (χ2n) is 3.40. The minimum absolute atomic E-state index is 0.119. The summed E-state index contributed by atoms with van der Waals surface area (Å²) in [6.07, 6.45) is 2.23. The molecule has 16 heavy (non-hydrogen) atoms. The smallest absolute Gasteiger partial charge is 0.303 e. The van der Waals surface area contributed by atoms with Crippen molar-refractivity contribution >= 4 is 48.8 Å². The molecule has 0 aliphatic rings. The second-order valence-corrected chi connectivity index (χ2v) is 4.98. The summed E-state index contributed by atoms with van der Waals surface area (Å²) in [5.74, 6) is -0.796. The van der Waals surface area contributed by atoms with Crippen molar-refractivity contribution in [3.63, 3.8) is 0 Å². The van der Waals surface area contributed by atoms with Crippen molar-refractivity contribution in [2.45, 2.75) is 12.8 Å². The molecular formula is C11H8Br2O3. The largest absolute Gasteiger partial charge is 0.481 e. The number of aryl methyl sites for hydroxylation is 1. The second kappa shape index (κ2) is 4.59. The van der Waals surface area contributed by atoms with Crippen LogP contribution in [0, 0.1) is 0 Å². The highest BCUT2D eigenvalue weighted by Crippen LogP contribution is 2.35. The molecule has 0 bridgehead atoms. The maximum atomic E-state index is 10.5. The average Bonchev–Trinajstić information content (AvgIpc) is 2.69. The molecule has 0 atom stereocenters. The summed E-state index contributed by atoms with van der Waals surface area (Å²) in [4.78, 5) is 10.5. The van der Waals surface area contributed by atoms with Crippen molar-refractivity contribution in [3.05, 3.63) is 32.9 Å². The van der Waals surface area contributed by atoms with Gasteiger partial charge in [0.15, 0.2) is 0 Å². The Bertz CT molecular complexity index is 545. The van der Waals surface area contributed by atoms with Gasteiger partial charge in [-0.1, -0.05) is 0 Å². The van der Waals surface area contributed by atoms with Crippen LogP contribution < -0.4 is 0 Å². The van der Waals surface area contributed by atoms with Gasteiger partial charge in [0.2, 0.25) is 0 Å². The summed E-state index contributed by atoms with van der Waals surface area (Å²) in [6.45, 7) is 0. The zero-order valence-corrected chi connectivity index (χ0v) is 11.3. The van der Waals surface area contributed by atoms with Crippen molar-refractivity contribution in [2.24, 2.45) is 0 Å². The molecule has 0 saturated carbocycles. The molecule has 2 rings (SSSR count). The lowest BCUT2D eigenvalue weighted by Gasteiger charge is -2.05. The first kappa shape index (κ1) is 11.7. The van der Waals surface area contributed by atoms with Gasteiger partial charge < -0.3 is 9.52 Å². The van der Waals surface area contributed by atoms with E-state index in [9.17, 15) is 4.79 Å². The van der Waals surface area contributed by atoms with E-state index in [0.717, 1.165) is 25.5 Å². The lowest BCUT2D eigenvalue weighted by atomic mass is 10.1. The minimum Gasteiger partial charge on any atom is -0.481 e. The molecule has 2 aromatic rings. The highest BCUT2D eigenvalue weighted by Gasteiger charge is 2.12. The predicted molar refractivity (Wildman–Crippen MR) is 67.6 cm³/mol. The van der Waals surface area contributed by atoms with Crippen molar-refractivity contribution in [3.8, 4) is 0 Å². The van der Waals surface area contributed by atoms with Gasteiger partial charge in [0.05, 0.1) is 10.7 Å². The van der Waals surface area contributed by atoms with Crippen LogP contribution in [-0.4, -0.2) is 11.1 Å². The van der Waals surface area contributed by atoms with E-state index in [-0.39, 0.29) is 6.42 Å². The van der Waals surface area contributed by atoms with Gasteiger partial charge in [-0.15, -0.1) is 0 Å². The van der Waals surface area contributed by atoms with Crippen LogP contribution in [0.2, 0.25) is 0 Å². The summed E-state index contributed by atoms with van der Waals surface area (Å²) in [5, 5.41) is 9.63. The number of furan rings is 1. The van der Waals surface area contributed by atoms with Crippen molar-refractivity contribution in [1.29, 1.82) is 0 Å². The van der Waals surface area contributed by atoms with Gasteiger partial charge in [0.25, 0.3) is 0 Å². The molecule has 0 spiro atoms. The Morgan fingerprint density at radius 1 is 1.38 bits per heavy atom. The Balaban J connectivity index is 2.44. The van der Waals surface area contributed by atoms with E-state index in [2.05, 4.69) is 31.9 Å². The molecule has 5 heteroatoms. The number of halogens is 2. The molecule has 84 valence electrons. The monoisotopic (exact) mass is 346 g/mol. The highest BCUT2D eigenvalue weighted by molar-refractivity contribution is 9.13. The Hall–Kier alpha value is -0.810. The molecule has 1 N–H and O–H groups in total. The zero-order chi connectivity index (χ0) is 11.7. The number of hydrogen-bond acceptors (Lipinski definition) is 2. The van der Waals surface area contributed by atoms with Crippen molar-refractivity contribution in [2.75, 3.05) is 0 Å². The molecule has 3 nitrogen and oxygen atoms in total. The topological polar surface area (TPSA) is 50.4 Å². The third kappa shape index (κ3) is 2.15. The first-order chi connectivity index (χ1) is 7.59. The zero-order valence-electron chi connectivity index (χ0n) is 8.17. The maximum absolute atomic E-state index is 10.5. The Labute approximate surface area is 109 Å². The van der Waals surface area contributed by atoms with Crippen LogP contribution in [-0.2, 0) is 11.2 Å². The van der Waals surface area contributed by atoms with Crippen LogP contribution in [0.15, 0.2) is 31.8 Å². The molecule has 0 radical (unpaired) electrons. The van der Waals surface area contributed by atoms with E-state index in [1.807, 2.05) is 12.1 Å². The Morgan fingerprint density at radius 3 is 2.81 bits per heavy atom. The van der Waals surface area contributed by atoms with Gasteiger partial charge in [0, 0.05) is 16.3 Å². The van der Waals surface area contributed by atoms with Crippen LogP contribution in [0.1, 0.15) is 12.0 Å². The van der Waals surface area contributed by atoms with Gasteiger partial charge in [0.1, 0.15) is 5.58 Å². The van der Waals surface area contributed by atoms with Gasteiger partial charge in [-0.25, -0.2) is 0 Å². The molecule has 0 aliphatic heterocycles. The SMILES string of the molecule is O=C(O)CCc1cc2ccoc2c(Br)c1Br. The third-order valence-electron chi connectivity index (χ3n) is 2.31. The molecule has 1 heterocycles. The number of fused-ring (bicyclic) bond motifs is 1. The predicted octanol–water partition coefficient (Wildman–Crippen LogP) is 3.98. The molecule has 1 aromatic carbocycles. The number of benzene rings is 1. The molecule has 0 aliphatic carbocycles. The quantitative estimate of drug-likeness (QED) is 0.913. The van der Waals surface area contributed by atoms with Crippen molar-refractivity contribution in [1.82, 2.24) is 0 Å². The van der Waals surface area contributed by atoms with Crippen LogP contribution in [0.5, 0.6) is 0 Å². The van der Waals surface area contributed by atoms with E-state index in [1.165, 1.54) is 0 Å². The van der Waals surface area contributed by atoms with Gasteiger partial charge >= 0.3 is 5.97 Å². The van der Waals surface area contributed by atoms with Crippen LogP contribution in [0.4, 0.5) is 0 Å². The average molecular weight is 348 g/mol. The van der Waals surface area contributed by atoms with E-state index < -0.39 is 5.97 Å². The lowest BCUT2D eigenvalue weighted by Crippen LogP contribution is -1.98. The Morgan fingerprint density at radius 2 is 2.12 bits per heavy atom. The van der Waals surface area contributed by atoms with E-state index in [0.29, 0.717) is 6.42 Å². The van der Waals surface area contributed by atoms with E-state index in [1.54, 1.807) is 6.26 Å². The van der Waals surface area contributed by atoms with Gasteiger partial charge in [-0.3, -0.25) is 4.79 Å². The number of carbonyl (C=O) groups is 1.